The van der Waals surface area contributed by atoms with Crippen LogP contribution in [0.3, 0.4) is 0 Å². The number of aromatic nitrogens is 1. The van der Waals surface area contributed by atoms with E-state index in [1.165, 1.54) is 0 Å². The lowest BCUT2D eigenvalue weighted by Gasteiger charge is -2.11. The van der Waals surface area contributed by atoms with Crippen LogP contribution in [-0.2, 0) is 0 Å². The number of hydrogen-bond acceptors (Lipinski definition) is 5. The molecule has 0 aliphatic carbocycles. The topological polar surface area (TPSA) is 103 Å². The van der Waals surface area contributed by atoms with Crippen molar-refractivity contribution in [2.45, 2.75) is 0 Å². The maximum Gasteiger partial charge on any atom is 0.250 e. The Kier molecular flexibility index (Phi) is 3.51. The monoisotopic (exact) mass is 258 g/mol. The van der Waals surface area contributed by atoms with Gasteiger partial charge in [-0.1, -0.05) is 6.07 Å². The second kappa shape index (κ2) is 5.26. The fourth-order valence-electron chi connectivity index (χ4n) is 1.62. The Hall–Kier alpha value is -2.76. The zero-order valence-electron chi connectivity index (χ0n) is 10.4. The first-order valence-electron chi connectivity index (χ1n) is 5.57. The van der Waals surface area contributed by atoms with Crippen molar-refractivity contribution in [3.63, 3.8) is 0 Å². The summed E-state index contributed by atoms with van der Waals surface area (Å²) in [4.78, 5) is 15.3. The highest BCUT2D eigenvalue weighted by Crippen LogP contribution is 2.26. The molecule has 0 saturated carbocycles. The molecular weight excluding hydrogens is 244 g/mol. The van der Waals surface area contributed by atoms with E-state index in [1.807, 2.05) is 0 Å². The van der Waals surface area contributed by atoms with Gasteiger partial charge in [0.05, 0.1) is 35.9 Å². The van der Waals surface area contributed by atoms with Crippen molar-refractivity contribution in [2.75, 3.05) is 18.2 Å². The van der Waals surface area contributed by atoms with Gasteiger partial charge in [-0.05, 0) is 18.2 Å². The minimum atomic E-state index is -0.561. The van der Waals surface area contributed by atoms with Crippen LogP contribution in [0.15, 0.2) is 36.5 Å². The zero-order valence-corrected chi connectivity index (χ0v) is 10.4. The predicted molar refractivity (Wildman–Crippen MR) is 73.4 cm³/mol. The number of pyridine rings is 1. The molecule has 1 aromatic carbocycles. The smallest absolute Gasteiger partial charge is 0.250 e. The van der Waals surface area contributed by atoms with Gasteiger partial charge in [-0.3, -0.25) is 4.79 Å². The normalized spacial score (nSPS) is 9.95. The number of amides is 1. The zero-order chi connectivity index (χ0) is 13.8. The second-order valence-electron chi connectivity index (χ2n) is 3.85. The first kappa shape index (κ1) is 12.7. The summed E-state index contributed by atoms with van der Waals surface area (Å²) in [6, 6.07) is 8.55. The molecule has 0 unspecified atom stereocenters. The number of para-hydroxylation sites is 1. The largest absolute Gasteiger partial charge is 0.481 e. The van der Waals surface area contributed by atoms with Gasteiger partial charge in [0.25, 0.3) is 5.91 Å². The van der Waals surface area contributed by atoms with Crippen LogP contribution in [0.25, 0.3) is 0 Å². The van der Waals surface area contributed by atoms with E-state index in [4.69, 9.17) is 16.2 Å². The minimum absolute atomic E-state index is 0.284. The number of carbonyl (C=O) groups is 1. The lowest BCUT2D eigenvalue weighted by Crippen LogP contribution is -2.14. The number of nitrogens with two attached hydrogens (primary N) is 2. The van der Waals surface area contributed by atoms with Gasteiger partial charge in [0.15, 0.2) is 0 Å². The Balaban J connectivity index is 2.27. The summed E-state index contributed by atoms with van der Waals surface area (Å²) in [6.45, 7) is 0. The van der Waals surface area contributed by atoms with Crippen LogP contribution in [-0.4, -0.2) is 18.0 Å². The number of methoxy groups -OCH3 is 1. The average molecular weight is 258 g/mol. The molecule has 98 valence electrons. The molecule has 0 fully saturated rings. The molecule has 0 aliphatic heterocycles. The molecule has 2 aromatic rings. The molecule has 0 bridgehead atoms. The number of rotatable bonds is 4. The molecule has 0 spiro atoms. The standard InChI is InChI=1S/C13H14N4O2/c1-19-11-6-5-8(7-16-11)17-10-4-2-3-9(12(10)14)13(15)18/h2-7,17H,14H2,1H3,(H2,15,18). The molecule has 6 heteroatoms. The Morgan fingerprint density at radius 1 is 1.32 bits per heavy atom. The third kappa shape index (κ3) is 2.74. The van der Waals surface area contributed by atoms with Gasteiger partial charge in [0.1, 0.15) is 0 Å². The molecule has 0 aliphatic rings. The maximum atomic E-state index is 11.2. The molecule has 0 radical (unpaired) electrons. The molecule has 5 N–H and O–H groups in total. The van der Waals surface area contributed by atoms with Gasteiger partial charge < -0.3 is 21.5 Å². The van der Waals surface area contributed by atoms with Gasteiger partial charge in [-0.2, -0.15) is 0 Å². The van der Waals surface area contributed by atoms with Crippen LogP contribution in [0.5, 0.6) is 5.88 Å². The summed E-state index contributed by atoms with van der Waals surface area (Å²) in [5.74, 6) is -0.0431. The molecule has 6 nitrogen and oxygen atoms in total. The van der Waals surface area contributed by atoms with Crippen molar-refractivity contribution in [2.24, 2.45) is 5.73 Å². The quantitative estimate of drug-likeness (QED) is 0.721. The van der Waals surface area contributed by atoms with Crippen LogP contribution in [0.4, 0.5) is 17.1 Å². The first-order chi connectivity index (χ1) is 9.11. The summed E-state index contributed by atoms with van der Waals surface area (Å²) in [5, 5.41) is 3.07. The van der Waals surface area contributed by atoms with Gasteiger partial charge in [-0.15, -0.1) is 0 Å². The van der Waals surface area contributed by atoms with E-state index in [0.717, 1.165) is 5.69 Å². The Morgan fingerprint density at radius 3 is 2.68 bits per heavy atom. The number of nitrogen functional groups attached to an aromatic ring is 1. The number of nitrogens with zero attached hydrogens (tertiary/aromatic N) is 1. The van der Waals surface area contributed by atoms with Crippen LogP contribution < -0.4 is 21.5 Å². The third-order valence-corrected chi connectivity index (χ3v) is 2.60. The van der Waals surface area contributed by atoms with E-state index in [0.29, 0.717) is 17.3 Å². The maximum absolute atomic E-state index is 11.2. The Morgan fingerprint density at radius 2 is 2.11 bits per heavy atom. The van der Waals surface area contributed by atoms with Gasteiger partial charge in [0.2, 0.25) is 5.88 Å². The molecule has 1 heterocycles. The van der Waals surface area contributed by atoms with Crippen LogP contribution in [0.1, 0.15) is 10.4 Å². The molecular formula is C13H14N4O2. The number of nitrogens with one attached hydrogen (secondary N) is 1. The highest BCUT2D eigenvalue weighted by molar-refractivity contribution is 6.01. The second-order valence-corrected chi connectivity index (χ2v) is 3.85. The van der Waals surface area contributed by atoms with Crippen molar-refractivity contribution in [3.8, 4) is 5.88 Å². The molecule has 0 saturated heterocycles. The highest BCUT2D eigenvalue weighted by Gasteiger charge is 2.09. The van der Waals surface area contributed by atoms with Crippen LogP contribution >= 0.6 is 0 Å². The predicted octanol–water partition coefficient (Wildman–Crippen LogP) is 1.51. The molecule has 0 atom stereocenters. The molecule has 1 aromatic heterocycles. The van der Waals surface area contributed by atoms with E-state index < -0.39 is 5.91 Å². The summed E-state index contributed by atoms with van der Waals surface area (Å²) in [5.41, 5.74) is 13.0. The lowest BCUT2D eigenvalue weighted by atomic mass is 10.1. The summed E-state index contributed by atoms with van der Waals surface area (Å²) in [7, 11) is 1.55. The Bertz CT molecular complexity index is 596. The van der Waals surface area contributed by atoms with Crippen molar-refractivity contribution >= 4 is 23.0 Å². The number of benzene rings is 1. The van der Waals surface area contributed by atoms with Gasteiger partial charge in [-0.25, -0.2) is 4.98 Å². The third-order valence-electron chi connectivity index (χ3n) is 2.60. The first-order valence-corrected chi connectivity index (χ1v) is 5.57. The van der Waals surface area contributed by atoms with Crippen molar-refractivity contribution in [1.29, 1.82) is 0 Å². The van der Waals surface area contributed by atoms with E-state index >= 15 is 0 Å². The van der Waals surface area contributed by atoms with Crippen LogP contribution in [0, 0.1) is 0 Å². The highest BCUT2D eigenvalue weighted by atomic mass is 16.5. The summed E-state index contributed by atoms with van der Waals surface area (Å²) < 4.78 is 4.97. The fourth-order valence-corrected chi connectivity index (χ4v) is 1.62. The molecule has 19 heavy (non-hydrogen) atoms. The molecule has 1 amide bonds. The van der Waals surface area contributed by atoms with Gasteiger partial charge >= 0.3 is 0 Å². The van der Waals surface area contributed by atoms with E-state index in [9.17, 15) is 4.79 Å². The summed E-state index contributed by atoms with van der Waals surface area (Å²) >= 11 is 0. The SMILES string of the molecule is COc1ccc(Nc2cccc(C(N)=O)c2N)cn1. The minimum Gasteiger partial charge on any atom is -0.481 e. The average Bonchev–Trinajstić information content (AvgIpc) is 2.41. The number of carbonyl (C=O) groups excluding carboxylic acids is 1. The number of primary amides is 1. The Labute approximate surface area is 110 Å². The number of anilines is 3. The molecule has 2 rings (SSSR count). The lowest BCUT2D eigenvalue weighted by molar-refractivity contribution is 0.100. The van der Waals surface area contributed by atoms with E-state index in [-0.39, 0.29) is 5.56 Å². The van der Waals surface area contributed by atoms with Crippen molar-refractivity contribution < 1.29 is 9.53 Å². The van der Waals surface area contributed by atoms with E-state index in [2.05, 4.69) is 10.3 Å². The van der Waals surface area contributed by atoms with Crippen LogP contribution in [0.2, 0.25) is 0 Å². The van der Waals surface area contributed by atoms with Gasteiger partial charge in [0, 0.05) is 6.07 Å². The number of hydrogen-bond donors (Lipinski definition) is 3. The van der Waals surface area contributed by atoms with E-state index in [1.54, 1.807) is 43.6 Å². The van der Waals surface area contributed by atoms with Crippen molar-refractivity contribution in [1.82, 2.24) is 4.98 Å². The number of ether oxygens (including phenoxy) is 1. The summed E-state index contributed by atoms with van der Waals surface area (Å²) in [6.07, 6.45) is 1.61. The fraction of sp³-hybridized carbons (Fsp3) is 0.0769. The van der Waals surface area contributed by atoms with Crippen molar-refractivity contribution in [3.05, 3.63) is 42.1 Å².